The molecule has 5 heteroatoms. The van der Waals surface area contributed by atoms with Crippen molar-refractivity contribution in [3.63, 3.8) is 0 Å². The summed E-state index contributed by atoms with van der Waals surface area (Å²) >= 11 is 0. The van der Waals surface area contributed by atoms with Gasteiger partial charge in [0.1, 0.15) is 0 Å². The molecule has 2 aromatic heterocycles. The fraction of sp³-hybridized carbons (Fsp3) is 0.190. The Kier molecular flexibility index (Phi) is 3.72. The summed E-state index contributed by atoms with van der Waals surface area (Å²) in [6.07, 6.45) is 4.99. The topological polar surface area (TPSA) is 55.6 Å². The van der Waals surface area contributed by atoms with Crippen molar-refractivity contribution in [2.75, 3.05) is 0 Å². The molecule has 1 fully saturated rings. The largest absolute Gasteiger partial charge is 0.308 e. The Hall–Kier alpha value is -3.05. The summed E-state index contributed by atoms with van der Waals surface area (Å²) in [6.45, 7) is 0.733. The van der Waals surface area contributed by atoms with Crippen LogP contribution in [0.25, 0.3) is 16.6 Å². The predicted molar refractivity (Wildman–Crippen MR) is 101 cm³/mol. The summed E-state index contributed by atoms with van der Waals surface area (Å²) in [5, 5.41) is 13.3. The summed E-state index contributed by atoms with van der Waals surface area (Å²) in [5.74, 6) is 0.621. The molecule has 0 saturated heterocycles. The van der Waals surface area contributed by atoms with Crippen LogP contribution in [0, 0.1) is 0 Å². The molecule has 1 aliphatic rings. The number of hydrogen-bond donors (Lipinski definition) is 1. The highest BCUT2D eigenvalue weighted by Gasteiger charge is 2.37. The zero-order valence-electron chi connectivity index (χ0n) is 14.3. The van der Waals surface area contributed by atoms with E-state index in [4.69, 9.17) is 0 Å². The minimum Gasteiger partial charge on any atom is -0.308 e. The summed E-state index contributed by atoms with van der Waals surface area (Å²) in [4.78, 5) is 4.41. The van der Waals surface area contributed by atoms with Gasteiger partial charge in [-0.1, -0.05) is 41.6 Å². The first-order chi connectivity index (χ1) is 12.9. The number of nitrogens with zero attached hydrogens (tertiary/aromatic N) is 4. The Morgan fingerprint density at radius 3 is 2.85 bits per heavy atom. The second-order valence-corrected chi connectivity index (χ2v) is 6.74. The molecular weight excluding hydrogens is 322 g/mol. The van der Waals surface area contributed by atoms with Gasteiger partial charge in [-0.05, 0) is 36.2 Å². The Morgan fingerprint density at radius 2 is 1.92 bits per heavy atom. The van der Waals surface area contributed by atoms with Crippen molar-refractivity contribution >= 4 is 10.9 Å². The molecule has 5 rings (SSSR count). The standard InChI is InChI=1S/C21H19N5/c1-2-6-15(7-3-1)18-12-20(18)23-13-16-14-26(25-24-16)21-10-4-9-19-17(21)8-5-11-22-19/h1-11,14,18,20,23H,12-13H2/t18-,20+/m0/s1. The molecule has 0 radical (unpaired) electrons. The van der Waals surface area contributed by atoms with Crippen LogP contribution in [0.4, 0.5) is 0 Å². The van der Waals surface area contributed by atoms with Crippen molar-refractivity contribution in [1.29, 1.82) is 0 Å². The predicted octanol–water partition coefficient (Wildman–Crippen LogP) is 3.46. The molecule has 0 spiro atoms. The van der Waals surface area contributed by atoms with Crippen LogP contribution in [0.15, 0.2) is 73.1 Å². The second kappa shape index (κ2) is 6.35. The van der Waals surface area contributed by atoms with Crippen molar-refractivity contribution in [3.05, 3.63) is 84.3 Å². The molecule has 0 aliphatic heterocycles. The lowest BCUT2D eigenvalue weighted by Crippen LogP contribution is -2.17. The minimum absolute atomic E-state index is 0.532. The first kappa shape index (κ1) is 15.2. The lowest BCUT2D eigenvalue weighted by atomic mass is 10.1. The number of fused-ring (bicyclic) bond motifs is 1. The molecule has 2 atom stereocenters. The van der Waals surface area contributed by atoms with Gasteiger partial charge in [0.05, 0.1) is 23.1 Å². The maximum absolute atomic E-state index is 4.41. The Morgan fingerprint density at radius 1 is 1.00 bits per heavy atom. The van der Waals surface area contributed by atoms with Crippen LogP contribution in [0.1, 0.15) is 23.6 Å². The van der Waals surface area contributed by atoms with Gasteiger partial charge < -0.3 is 5.32 Å². The Labute approximate surface area is 151 Å². The van der Waals surface area contributed by atoms with E-state index in [-0.39, 0.29) is 0 Å². The van der Waals surface area contributed by atoms with E-state index < -0.39 is 0 Å². The number of hydrogen-bond acceptors (Lipinski definition) is 4. The molecule has 1 saturated carbocycles. The first-order valence-corrected chi connectivity index (χ1v) is 8.92. The monoisotopic (exact) mass is 341 g/mol. The Bertz CT molecular complexity index is 1040. The van der Waals surface area contributed by atoms with Crippen LogP contribution in [0.5, 0.6) is 0 Å². The van der Waals surface area contributed by atoms with Crippen LogP contribution >= 0.6 is 0 Å². The highest BCUT2D eigenvalue weighted by molar-refractivity contribution is 5.86. The van der Waals surface area contributed by atoms with Gasteiger partial charge in [0, 0.05) is 30.1 Å². The van der Waals surface area contributed by atoms with Crippen LogP contribution in [0.2, 0.25) is 0 Å². The number of nitrogens with one attached hydrogen (secondary N) is 1. The first-order valence-electron chi connectivity index (χ1n) is 8.92. The van der Waals surface area contributed by atoms with E-state index in [9.17, 15) is 0 Å². The minimum atomic E-state index is 0.532. The van der Waals surface area contributed by atoms with Gasteiger partial charge >= 0.3 is 0 Å². The third kappa shape index (κ3) is 2.86. The molecule has 5 nitrogen and oxygen atoms in total. The van der Waals surface area contributed by atoms with Crippen molar-refractivity contribution in [2.24, 2.45) is 0 Å². The Balaban J connectivity index is 1.29. The van der Waals surface area contributed by atoms with Crippen LogP contribution in [-0.4, -0.2) is 26.0 Å². The molecule has 4 aromatic rings. The summed E-state index contributed by atoms with van der Waals surface area (Å²) in [6, 6.07) is 21.3. The molecule has 0 amide bonds. The van der Waals surface area contributed by atoms with Crippen molar-refractivity contribution < 1.29 is 0 Å². The summed E-state index contributed by atoms with van der Waals surface area (Å²) < 4.78 is 1.84. The normalized spacial score (nSPS) is 18.9. The third-order valence-electron chi connectivity index (χ3n) is 4.97. The third-order valence-corrected chi connectivity index (χ3v) is 4.97. The van der Waals surface area contributed by atoms with E-state index in [1.165, 1.54) is 12.0 Å². The van der Waals surface area contributed by atoms with Crippen LogP contribution < -0.4 is 5.32 Å². The van der Waals surface area contributed by atoms with E-state index in [1.807, 2.05) is 41.3 Å². The van der Waals surface area contributed by atoms with E-state index in [0.29, 0.717) is 12.0 Å². The second-order valence-electron chi connectivity index (χ2n) is 6.74. The van der Waals surface area contributed by atoms with Crippen molar-refractivity contribution in [2.45, 2.75) is 24.9 Å². The van der Waals surface area contributed by atoms with Gasteiger partial charge in [0.15, 0.2) is 0 Å². The van der Waals surface area contributed by atoms with E-state index in [1.54, 1.807) is 0 Å². The smallest absolute Gasteiger partial charge is 0.0969 e. The van der Waals surface area contributed by atoms with E-state index in [0.717, 1.165) is 28.8 Å². The molecule has 128 valence electrons. The zero-order valence-corrected chi connectivity index (χ0v) is 14.3. The van der Waals surface area contributed by atoms with Crippen LogP contribution in [-0.2, 0) is 6.54 Å². The fourth-order valence-electron chi connectivity index (χ4n) is 3.51. The van der Waals surface area contributed by atoms with Gasteiger partial charge in [-0.3, -0.25) is 4.98 Å². The molecular formula is C21H19N5. The molecule has 2 heterocycles. The lowest BCUT2D eigenvalue weighted by molar-refractivity contribution is 0.658. The molecule has 0 bridgehead atoms. The van der Waals surface area contributed by atoms with Gasteiger partial charge in [-0.2, -0.15) is 0 Å². The lowest BCUT2D eigenvalue weighted by Gasteiger charge is -2.04. The molecule has 1 N–H and O–H groups in total. The fourth-order valence-corrected chi connectivity index (χ4v) is 3.51. The van der Waals surface area contributed by atoms with Gasteiger partial charge in [-0.25, -0.2) is 4.68 Å². The molecule has 0 unspecified atom stereocenters. The number of aromatic nitrogens is 4. The summed E-state index contributed by atoms with van der Waals surface area (Å²) in [7, 11) is 0. The maximum Gasteiger partial charge on any atom is 0.0969 e. The van der Waals surface area contributed by atoms with Crippen molar-refractivity contribution in [3.8, 4) is 5.69 Å². The van der Waals surface area contributed by atoms with Gasteiger partial charge in [-0.15, -0.1) is 5.10 Å². The number of benzene rings is 2. The average Bonchev–Trinajstić information content (AvgIpc) is 3.34. The number of rotatable bonds is 5. The maximum atomic E-state index is 4.41. The van der Waals surface area contributed by atoms with E-state index >= 15 is 0 Å². The highest BCUT2D eigenvalue weighted by Crippen LogP contribution is 2.40. The summed E-state index contributed by atoms with van der Waals surface area (Å²) in [5.41, 5.74) is 4.33. The van der Waals surface area contributed by atoms with Gasteiger partial charge in [0.2, 0.25) is 0 Å². The van der Waals surface area contributed by atoms with E-state index in [2.05, 4.69) is 57.0 Å². The van der Waals surface area contributed by atoms with Crippen molar-refractivity contribution in [1.82, 2.24) is 25.3 Å². The van der Waals surface area contributed by atoms with Gasteiger partial charge in [0.25, 0.3) is 0 Å². The molecule has 2 aromatic carbocycles. The number of pyridine rings is 1. The highest BCUT2D eigenvalue weighted by atomic mass is 15.4. The molecule has 26 heavy (non-hydrogen) atoms. The molecule has 1 aliphatic carbocycles. The SMILES string of the molecule is c1ccc([C@@H]2C[C@H]2NCc2cn(-c3cccc4ncccc34)nn2)cc1. The quantitative estimate of drug-likeness (QED) is 0.604. The average molecular weight is 341 g/mol. The zero-order chi connectivity index (χ0) is 17.3. The van der Waals surface area contributed by atoms with Crippen LogP contribution in [0.3, 0.4) is 0 Å².